The van der Waals surface area contributed by atoms with Gasteiger partial charge in [0.1, 0.15) is 11.9 Å². The molecule has 1 aliphatic rings. The maximum Gasteiger partial charge on any atom is 0.249 e. The molecule has 1 fully saturated rings. The molecule has 1 heterocycles. The van der Waals surface area contributed by atoms with Crippen LogP contribution in [0.2, 0.25) is 0 Å². The molecule has 2 N–H and O–H groups in total. The molecule has 0 saturated carbocycles. The first-order valence-electron chi connectivity index (χ1n) is 7.05. The summed E-state index contributed by atoms with van der Waals surface area (Å²) in [6.07, 6.45) is 0.545. The van der Waals surface area contributed by atoms with E-state index >= 15 is 0 Å². The minimum Gasteiger partial charge on any atom is -0.350 e. The normalized spacial score (nSPS) is 20.4. The maximum atomic E-state index is 14.2. The lowest BCUT2D eigenvalue weighted by Gasteiger charge is -2.37. The van der Waals surface area contributed by atoms with Gasteiger partial charge in [-0.15, -0.1) is 0 Å². The van der Waals surface area contributed by atoms with E-state index < -0.39 is 6.04 Å². The molecule has 2 unspecified atom stereocenters. The van der Waals surface area contributed by atoms with Crippen molar-refractivity contribution in [1.29, 1.82) is 0 Å². The largest absolute Gasteiger partial charge is 0.350 e. The van der Waals surface area contributed by atoms with Crippen molar-refractivity contribution in [3.63, 3.8) is 0 Å². The van der Waals surface area contributed by atoms with Crippen molar-refractivity contribution in [2.24, 2.45) is 0 Å². The van der Waals surface area contributed by atoms with Gasteiger partial charge in [-0.05, 0) is 32.5 Å². The molecule has 0 spiro atoms. The number of halogens is 1. The third-order valence-corrected chi connectivity index (χ3v) is 3.85. The molecule has 1 aromatic rings. The Labute approximate surface area is 123 Å². The monoisotopic (exact) mass is 293 g/mol. The zero-order valence-electron chi connectivity index (χ0n) is 12.4. The number of hydrogen-bond donors (Lipinski definition) is 2. The number of nitrogens with zero attached hydrogens (tertiary/aromatic N) is 1. The van der Waals surface area contributed by atoms with Gasteiger partial charge in [-0.3, -0.25) is 14.9 Å². The Hall–Kier alpha value is -1.95. The molecule has 0 radical (unpaired) electrons. The van der Waals surface area contributed by atoms with E-state index in [1.165, 1.54) is 6.07 Å². The molecular formula is C15H20FN3O2. The van der Waals surface area contributed by atoms with Gasteiger partial charge in [0.25, 0.3) is 0 Å². The highest BCUT2D eigenvalue weighted by molar-refractivity contribution is 6.04. The fraction of sp³-hybridized carbons (Fsp3) is 0.467. The lowest BCUT2D eigenvalue weighted by molar-refractivity contribution is -0.132. The molecule has 0 aromatic heterocycles. The quantitative estimate of drug-likeness (QED) is 0.823. The van der Waals surface area contributed by atoms with E-state index in [1.54, 1.807) is 24.1 Å². The van der Waals surface area contributed by atoms with Gasteiger partial charge in [-0.1, -0.05) is 13.0 Å². The summed E-state index contributed by atoms with van der Waals surface area (Å²) in [7, 11) is 1.74. The van der Waals surface area contributed by atoms with Crippen LogP contribution in [0.5, 0.6) is 0 Å². The maximum absolute atomic E-state index is 14.2. The van der Waals surface area contributed by atoms with Gasteiger partial charge < -0.3 is 10.2 Å². The van der Waals surface area contributed by atoms with Crippen LogP contribution in [0.4, 0.5) is 10.1 Å². The number of carbonyl (C=O) groups is 2. The number of amides is 2. The Morgan fingerprint density at radius 3 is 2.81 bits per heavy atom. The third-order valence-electron chi connectivity index (χ3n) is 3.85. The summed E-state index contributed by atoms with van der Waals surface area (Å²) in [6.45, 7) is 3.76. The van der Waals surface area contributed by atoms with Crippen LogP contribution >= 0.6 is 0 Å². The Kier molecular flexibility index (Phi) is 4.57. The Bertz CT molecular complexity index is 562. The molecule has 6 heteroatoms. The molecule has 21 heavy (non-hydrogen) atoms. The SMILES string of the molecule is CCC1C(=O)NC(=O)CN1c1cccc(F)c1C(C)NC. The van der Waals surface area contributed by atoms with E-state index in [1.807, 2.05) is 13.8 Å². The molecule has 5 nitrogen and oxygen atoms in total. The fourth-order valence-corrected chi connectivity index (χ4v) is 2.67. The second-order valence-corrected chi connectivity index (χ2v) is 5.15. The van der Waals surface area contributed by atoms with E-state index in [-0.39, 0.29) is 30.2 Å². The number of rotatable bonds is 4. The molecule has 114 valence electrons. The predicted octanol–water partition coefficient (Wildman–Crippen LogP) is 1.35. The average molecular weight is 293 g/mol. The number of piperazine rings is 1. The molecule has 2 rings (SSSR count). The number of nitrogens with one attached hydrogen (secondary N) is 2. The Balaban J connectivity index is 2.51. The van der Waals surface area contributed by atoms with Crippen LogP contribution in [-0.2, 0) is 9.59 Å². The fourth-order valence-electron chi connectivity index (χ4n) is 2.67. The zero-order chi connectivity index (χ0) is 15.6. The number of carbonyl (C=O) groups excluding carboxylic acids is 2. The van der Waals surface area contributed by atoms with Crippen LogP contribution in [0.1, 0.15) is 31.9 Å². The van der Waals surface area contributed by atoms with E-state index in [4.69, 9.17) is 0 Å². The van der Waals surface area contributed by atoms with Crippen LogP contribution in [0.3, 0.4) is 0 Å². The van der Waals surface area contributed by atoms with Crippen molar-refractivity contribution in [2.75, 3.05) is 18.5 Å². The van der Waals surface area contributed by atoms with E-state index in [9.17, 15) is 14.0 Å². The van der Waals surface area contributed by atoms with Crippen LogP contribution < -0.4 is 15.5 Å². The van der Waals surface area contributed by atoms with E-state index in [2.05, 4.69) is 10.6 Å². The summed E-state index contributed by atoms with van der Waals surface area (Å²) in [5.41, 5.74) is 1.06. The van der Waals surface area contributed by atoms with Crippen molar-refractivity contribution >= 4 is 17.5 Å². The highest BCUT2D eigenvalue weighted by Crippen LogP contribution is 2.31. The molecule has 1 aromatic carbocycles. The summed E-state index contributed by atoms with van der Waals surface area (Å²) in [5.74, 6) is -1.04. The van der Waals surface area contributed by atoms with Gasteiger partial charge in [-0.25, -0.2) is 4.39 Å². The van der Waals surface area contributed by atoms with E-state index in [0.717, 1.165) is 0 Å². The second kappa shape index (κ2) is 6.22. The first-order chi connectivity index (χ1) is 9.99. The minimum absolute atomic E-state index is 0.0527. The van der Waals surface area contributed by atoms with Crippen LogP contribution in [0, 0.1) is 5.82 Å². The summed E-state index contributed by atoms with van der Waals surface area (Å²) >= 11 is 0. The molecule has 2 amide bonds. The van der Waals surface area contributed by atoms with Crippen molar-refractivity contribution in [2.45, 2.75) is 32.4 Å². The first-order valence-corrected chi connectivity index (χ1v) is 7.05. The minimum atomic E-state index is -0.465. The molecular weight excluding hydrogens is 273 g/mol. The highest BCUT2D eigenvalue weighted by atomic mass is 19.1. The second-order valence-electron chi connectivity index (χ2n) is 5.15. The van der Waals surface area contributed by atoms with Crippen molar-refractivity contribution in [1.82, 2.24) is 10.6 Å². The Morgan fingerprint density at radius 2 is 2.19 bits per heavy atom. The van der Waals surface area contributed by atoms with Gasteiger partial charge in [-0.2, -0.15) is 0 Å². The molecule has 0 aliphatic carbocycles. The number of benzene rings is 1. The third kappa shape index (κ3) is 2.90. The number of hydrogen-bond acceptors (Lipinski definition) is 4. The molecule has 1 saturated heterocycles. The van der Waals surface area contributed by atoms with Crippen molar-refractivity contribution < 1.29 is 14.0 Å². The first kappa shape index (κ1) is 15.4. The smallest absolute Gasteiger partial charge is 0.249 e. The van der Waals surface area contributed by atoms with Gasteiger partial charge in [0.15, 0.2) is 0 Å². The summed E-state index contributed by atoms with van der Waals surface area (Å²) in [5, 5.41) is 5.33. The van der Waals surface area contributed by atoms with Gasteiger partial charge in [0.2, 0.25) is 11.8 Å². The van der Waals surface area contributed by atoms with Crippen molar-refractivity contribution in [3.8, 4) is 0 Å². The Morgan fingerprint density at radius 1 is 1.48 bits per heavy atom. The molecule has 0 bridgehead atoms. The predicted molar refractivity (Wildman–Crippen MR) is 78.4 cm³/mol. The van der Waals surface area contributed by atoms with Crippen molar-refractivity contribution in [3.05, 3.63) is 29.6 Å². The average Bonchev–Trinajstić information content (AvgIpc) is 2.45. The summed E-state index contributed by atoms with van der Waals surface area (Å²) in [4.78, 5) is 25.3. The van der Waals surface area contributed by atoms with E-state index in [0.29, 0.717) is 17.7 Å². The van der Waals surface area contributed by atoms with Crippen LogP contribution in [-0.4, -0.2) is 31.4 Å². The number of anilines is 1. The lowest BCUT2D eigenvalue weighted by atomic mass is 10.0. The molecule has 2 atom stereocenters. The molecule has 1 aliphatic heterocycles. The van der Waals surface area contributed by atoms with Crippen LogP contribution in [0.25, 0.3) is 0 Å². The van der Waals surface area contributed by atoms with Crippen LogP contribution in [0.15, 0.2) is 18.2 Å². The topological polar surface area (TPSA) is 61.4 Å². The summed E-state index contributed by atoms with van der Waals surface area (Å²) < 4.78 is 14.2. The van der Waals surface area contributed by atoms with Gasteiger partial charge in [0.05, 0.1) is 6.54 Å². The zero-order valence-corrected chi connectivity index (χ0v) is 12.4. The number of imide groups is 1. The summed E-state index contributed by atoms with van der Waals surface area (Å²) in [6, 6.07) is 4.05. The van der Waals surface area contributed by atoms with Gasteiger partial charge >= 0.3 is 0 Å². The van der Waals surface area contributed by atoms with Gasteiger partial charge in [0, 0.05) is 17.3 Å². The standard InChI is InChI=1S/C15H20FN3O2/c1-4-11-15(21)18-13(20)8-19(11)12-7-5-6-10(16)14(12)9(2)17-3/h5-7,9,11,17H,4,8H2,1-3H3,(H,18,20,21). The lowest BCUT2D eigenvalue weighted by Crippen LogP contribution is -2.58. The highest BCUT2D eigenvalue weighted by Gasteiger charge is 2.34.